The van der Waals surface area contributed by atoms with Crippen LogP contribution in [0, 0.1) is 0 Å². The van der Waals surface area contributed by atoms with Crippen molar-refractivity contribution in [1.29, 1.82) is 0 Å². The monoisotopic (exact) mass is 369 g/mol. The number of rotatable bonds is 4. The molecule has 0 radical (unpaired) electrons. The number of alkyl carbamates (subject to hydrolysis) is 1. The Bertz CT molecular complexity index is 498. The minimum atomic E-state index is -0.504. The van der Waals surface area contributed by atoms with Crippen molar-refractivity contribution in [3.05, 3.63) is 0 Å². The second-order valence-electron chi connectivity index (χ2n) is 7.39. The van der Waals surface area contributed by atoms with Gasteiger partial charge in [-0.25, -0.2) is 9.79 Å². The second kappa shape index (κ2) is 11.5. The predicted octanol–water partition coefficient (Wildman–Crippen LogP) is 2.19. The third-order valence-electron chi connectivity index (χ3n) is 3.21. The van der Waals surface area contributed by atoms with E-state index >= 15 is 0 Å². The summed E-state index contributed by atoms with van der Waals surface area (Å²) in [6.07, 6.45) is 0.859. The summed E-state index contributed by atoms with van der Waals surface area (Å²) >= 11 is 0. The van der Waals surface area contributed by atoms with E-state index in [0.717, 1.165) is 13.0 Å². The first-order valence-electron chi connectivity index (χ1n) is 8.99. The highest BCUT2D eigenvalue weighted by molar-refractivity contribution is 5.84. The summed E-state index contributed by atoms with van der Waals surface area (Å²) in [5, 5.41) is 5.73. The quantitative estimate of drug-likeness (QED) is 0.586. The van der Waals surface area contributed by atoms with Crippen LogP contribution in [0.3, 0.4) is 0 Å². The highest BCUT2D eigenvalue weighted by Gasteiger charge is 2.31. The van der Waals surface area contributed by atoms with Crippen molar-refractivity contribution in [2.75, 3.05) is 20.1 Å². The number of nitrogens with zero attached hydrogens (tertiary/aromatic N) is 3. The summed E-state index contributed by atoms with van der Waals surface area (Å²) in [4.78, 5) is 32.3. The molecule has 1 aliphatic rings. The van der Waals surface area contributed by atoms with Crippen molar-refractivity contribution in [2.24, 2.45) is 9.98 Å². The van der Waals surface area contributed by atoms with E-state index in [1.807, 2.05) is 41.5 Å². The van der Waals surface area contributed by atoms with Crippen molar-refractivity contribution in [1.82, 2.24) is 15.5 Å². The number of ether oxygens (including phenoxy) is 1. The van der Waals surface area contributed by atoms with Gasteiger partial charge in [0.15, 0.2) is 0 Å². The first-order valence-corrected chi connectivity index (χ1v) is 8.99. The molecule has 1 heterocycles. The summed E-state index contributed by atoms with van der Waals surface area (Å²) < 4.78 is 5.15. The highest BCUT2D eigenvalue weighted by Crippen LogP contribution is 2.13. The number of likely N-dealkylation sites (tertiary alicyclic amines) is 1. The van der Waals surface area contributed by atoms with Gasteiger partial charge >= 0.3 is 6.09 Å². The molecule has 8 nitrogen and oxygen atoms in total. The zero-order valence-electron chi connectivity index (χ0n) is 17.3. The minimum absolute atomic E-state index is 0.105. The number of hydrogen-bond donors (Lipinski definition) is 2. The standard InChI is InChI=1S/C12H22N2O3.C6H13N3/c1-5-6-14-8-9(7-10(14)15)13-11(16)17-12(2,3)4;1-5(2)9-6(7-3)8-4/h9H,5-8H2,1-4H3,(H,13,16);5H,3H2,1-2,4H3,(H,8,9). The lowest BCUT2D eigenvalue weighted by molar-refractivity contribution is -0.127. The number of guanidine groups is 1. The number of carbonyl (C=O) groups excluding carboxylic acids is 2. The van der Waals surface area contributed by atoms with Gasteiger partial charge in [-0.2, -0.15) is 0 Å². The van der Waals surface area contributed by atoms with Crippen LogP contribution >= 0.6 is 0 Å². The molecule has 1 unspecified atom stereocenters. The van der Waals surface area contributed by atoms with Crippen molar-refractivity contribution in [2.45, 2.75) is 72.1 Å². The van der Waals surface area contributed by atoms with Gasteiger partial charge in [-0.15, -0.1) is 0 Å². The van der Waals surface area contributed by atoms with E-state index < -0.39 is 11.7 Å². The van der Waals surface area contributed by atoms with Gasteiger partial charge in [0.1, 0.15) is 5.60 Å². The molecule has 0 aliphatic carbocycles. The van der Waals surface area contributed by atoms with E-state index in [-0.39, 0.29) is 11.9 Å². The molecule has 0 spiro atoms. The molecule has 0 aromatic carbocycles. The molecule has 2 amide bonds. The minimum Gasteiger partial charge on any atom is -0.444 e. The molecule has 0 aromatic rings. The van der Waals surface area contributed by atoms with Crippen LogP contribution in [0.4, 0.5) is 4.79 Å². The summed E-state index contributed by atoms with van der Waals surface area (Å²) in [7, 11) is 1.68. The van der Waals surface area contributed by atoms with Gasteiger partial charge in [-0.05, 0) is 47.8 Å². The van der Waals surface area contributed by atoms with E-state index in [1.165, 1.54) is 0 Å². The van der Waals surface area contributed by atoms with Crippen molar-refractivity contribution < 1.29 is 14.3 Å². The molecule has 1 aliphatic heterocycles. The number of amides is 2. The van der Waals surface area contributed by atoms with Crippen molar-refractivity contribution in [3.63, 3.8) is 0 Å². The van der Waals surface area contributed by atoms with Crippen molar-refractivity contribution >= 4 is 24.7 Å². The van der Waals surface area contributed by atoms with Crippen LogP contribution in [0.25, 0.3) is 0 Å². The van der Waals surface area contributed by atoms with Gasteiger partial charge in [-0.1, -0.05) is 6.92 Å². The summed E-state index contributed by atoms with van der Waals surface area (Å²) in [6.45, 7) is 16.2. The molecule has 2 N–H and O–H groups in total. The highest BCUT2D eigenvalue weighted by atomic mass is 16.6. The van der Waals surface area contributed by atoms with Crippen LogP contribution in [0.15, 0.2) is 9.98 Å². The molecular formula is C18H35N5O3. The van der Waals surface area contributed by atoms with Gasteiger partial charge < -0.3 is 20.3 Å². The second-order valence-corrected chi connectivity index (χ2v) is 7.39. The van der Waals surface area contributed by atoms with Crippen LogP contribution in [0.1, 0.15) is 54.4 Å². The van der Waals surface area contributed by atoms with Crippen LogP contribution in [-0.2, 0) is 9.53 Å². The topological polar surface area (TPSA) is 95.4 Å². The maximum Gasteiger partial charge on any atom is 0.407 e. The van der Waals surface area contributed by atoms with E-state index in [2.05, 4.69) is 27.3 Å². The number of nitrogens with one attached hydrogen (secondary N) is 2. The van der Waals surface area contributed by atoms with Gasteiger partial charge in [0, 0.05) is 32.6 Å². The van der Waals surface area contributed by atoms with E-state index in [9.17, 15) is 9.59 Å². The van der Waals surface area contributed by atoms with E-state index in [4.69, 9.17) is 4.74 Å². The van der Waals surface area contributed by atoms with Crippen LogP contribution in [0.2, 0.25) is 0 Å². The van der Waals surface area contributed by atoms with E-state index in [1.54, 1.807) is 11.9 Å². The van der Waals surface area contributed by atoms with E-state index in [0.29, 0.717) is 25.0 Å². The maximum absolute atomic E-state index is 11.6. The fraction of sp³-hybridized carbons (Fsp3) is 0.778. The van der Waals surface area contributed by atoms with Gasteiger partial charge in [0.25, 0.3) is 0 Å². The average molecular weight is 370 g/mol. The maximum atomic E-state index is 11.6. The van der Waals surface area contributed by atoms with Crippen LogP contribution in [0.5, 0.6) is 0 Å². The third kappa shape index (κ3) is 10.7. The number of hydrogen-bond acceptors (Lipinski definition) is 4. The first kappa shape index (κ1) is 23.9. The van der Waals surface area contributed by atoms with Gasteiger partial charge in [-0.3, -0.25) is 9.79 Å². The normalized spacial score (nSPS) is 17.5. The lowest BCUT2D eigenvalue weighted by atomic mass is 10.2. The summed E-state index contributed by atoms with van der Waals surface area (Å²) in [5.41, 5.74) is -0.504. The molecule has 26 heavy (non-hydrogen) atoms. The lowest BCUT2D eigenvalue weighted by Gasteiger charge is -2.21. The molecule has 1 fully saturated rings. The molecular weight excluding hydrogens is 334 g/mol. The zero-order chi connectivity index (χ0) is 20.3. The van der Waals surface area contributed by atoms with Crippen molar-refractivity contribution in [3.8, 4) is 0 Å². The molecule has 0 aromatic heterocycles. The molecule has 0 saturated carbocycles. The summed E-state index contributed by atoms with van der Waals surface area (Å²) in [5.74, 6) is 0.706. The Hall–Kier alpha value is -2.12. The zero-order valence-corrected chi connectivity index (χ0v) is 17.3. The number of aliphatic imine (C=N–C) groups is 2. The average Bonchev–Trinajstić information content (AvgIpc) is 2.83. The Morgan fingerprint density at radius 3 is 2.42 bits per heavy atom. The number of carbonyl (C=O) groups is 2. The molecule has 1 saturated heterocycles. The smallest absolute Gasteiger partial charge is 0.407 e. The molecule has 8 heteroatoms. The predicted molar refractivity (Wildman–Crippen MR) is 106 cm³/mol. The molecule has 1 atom stereocenters. The Morgan fingerprint density at radius 1 is 1.42 bits per heavy atom. The third-order valence-corrected chi connectivity index (χ3v) is 3.21. The van der Waals surface area contributed by atoms with Crippen LogP contribution in [-0.4, -0.2) is 67.4 Å². The summed E-state index contributed by atoms with van der Waals surface area (Å²) in [6, 6.07) is 0.248. The van der Waals surface area contributed by atoms with Gasteiger partial charge in [0.05, 0.1) is 6.04 Å². The Morgan fingerprint density at radius 2 is 2.04 bits per heavy atom. The van der Waals surface area contributed by atoms with Gasteiger partial charge in [0.2, 0.25) is 11.9 Å². The SMILES string of the molecule is C=NC(=NC)NC(C)C.CCCN1CC(NC(=O)OC(C)(C)C)CC1=O. The first-order chi connectivity index (χ1) is 12.0. The van der Waals surface area contributed by atoms with Crippen LogP contribution < -0.4 is 10.6 Å². The Labute approximate surface area is 157 Å². The fourth-order valence-corrected chi connectivity index (χ4v) is 2.27. The molecule has 1 rings (SSSR count). The lowest BCUT2D eigenvalue weighted by Crippen LogP contribution is -2.40. The Balaban J connectivity index is 0.000000590. The molecule has 0 bridgehead atoms. The largest absolute Gasteiger partial charge is 0.444 e. The molecule has 150 valence electrons. The Kier molecular flexibility index (Phi) is 10.6. The fourth-order valence-electron chi connectivity index (χ4n) is 2.27.